The molecule has 0 radical (unpaired) electrons. The summed E-state index contributed by atoms with van der Waals surface area (Å²) in [4.78, 5) is 17.1. The van der Waals surface area contributed by atoms with Gasteiger partial charge in [-0.1, -0.05) is 11.3 Å². The van der Waals surface area contributed by atoms with Gasteiger partial charge in [0.15, 0.2) is 5.69 Å². The molecule has 152 valence electrons. The third kappa shape index (κ3) is 3.70. The van der Waals surface area contributed by atoms with Crippen LogP contribution < -0.4 is 9.64 Å². The van der Waals surface area contributed by atoms with Crippen LogP contribution in [0.15, 0.2) is 48.5 Å². The molecule has 1 aliphatic heterocycles. The first-order chi connectivity index (χ1) is 14.6. The van der Waals surface area contributed by atoms with Crippen molar-refractivity contribution in [1.29, 1.82) is 5.26 Å². The Hall–Kier alpha value is -3.86. The third-order valence-corrected chi connectivity index (χ3v) is 5.32. The van der Waals surface area contributed by atoms with Crippen molar-refractivity contribution in [1.82, 2.24) is 19.9 Å². The average Bonchev–Trinajstić information content (AvgIpc) is 3.20. The summed E-state index contributed by atoms with van der Waals surface area (Å²) in [6.07, 6.45) is 0. The molecular weight excluding hydrogens is 380 g/mol. The lowest BCUT2D eigenvalue weighted by Gasteiger charge is -2.36. The van der Waals surface area contributed by atoms with Crippen LogP contribution in [0.1, 0.15) is 21.7 Å². The minimum atomic E-state index is -0.113. The molecule has 8 nitrogen and oxygen atoms in total. The van der Waals surface area contributed by atoms with Gasteiger partial charge >= 0.3 is 0 Å². The molecular formula is C22H22N6O2. The van der Waals surface area contributed by atoms with Crippen molar-refractivity contribution in [3.05, 3.63) is 65.5 Å². The summed E-state index contributed by atoms with van der Waals surface area (Å²) in [5, 5.41) is 17.2. The molecule has 0 unspecified atom stereocenters. The van der Waals surface area contributed by atoms with Crippen molar-refractivity contribution >= 4 is 11.6 Å². The highest BCUT2D eigenvalue weighted by molar-refractivity contribution is 5.93. The molecule has 0 bridgehead atoms. The van der Waals surface area contributed by atoms with Crippen molar-refractivity contribution in [2.24, 2.45) is 0 Å². The number of hydrogen-bond donors (Lipinski definition) is 0. The monoisotopic (exact) mass is 402 g/mol. The van der Waals surface area contributed by atoms with E-state index in [1.54, 1.807) is 36.1 Å². The molecule has 2 aromatic carbocycles. The number of hydrogen-bond acceptors (Lipinski definition) is 6. The molecule has 8 heteroatoms. The van der Waals surface area contributed by atoms with Gasteiger partial charge in [-0.05, 0) is 43.3 Å². The second-order valence-electron chi connectivity index (χ2n) is 7.07. The Labute approximate surface area is 174 Å². The van der Waals surface area contributed by atoms with Crippen LogP contribution in [-0.4, -0.2) is 59.1 Å². The molecule has 1 saturated heterocycles. The molecule has 0 spiro atoms. The smallest absolute Gasteiger partial charge is 0.276 e. The highest BCUT2D eigenvalue weighted by Crippen LogP contribution is 2.23. The molecule has 0 aliphatic carbocycles. The highest BCUT2D eigenvalue weighted by Gasteiger charge is 2.26. The first-order valence-corrected chi connectivity index (χ1v) is 9.72. The van der Waals surface area contributed by atoms with E-state index < -0.39 is 0 Å². The minimum Gasteiger partial charge on any atom is -0.497 e. The maximum atomic E-state index is 13.0. The molecule has 1 aliphatic rings. The predicted octanol–water partition coefficient (Wildman–Crippen LogP) is 2.42. The number of benzene rings is 2. The maximum absolute atomic E-state index is 13.0. The Balaban J connectivity index is 1.45. The number of nitrogens with zero attached hydrogens (tertiary/aromatic N) is 6. The maximum Gasteiger partial charge on any atom is 0.276 e. The molecule has 2 heterocycles. The van der Waals surface area contributed by atoms with E-state index in [9.17, 15) is 4.79 Å². The third-order valence-electron chi connectivity index (χ3n) is 5.32. The quantitative estimate of drug-likeness (QED) is 0.666. The van der Waals surface area contributed by atoms with Gasteiger partial charge in [-0.25, -0.2) is 4.68 Å². The number of ether oxygens (including phenoxy) is 1. The normalized spacial score (nSPS) is 13.8. The summed E-state index contributed by atoms with van der Waals surface area (Å²) in [5.74, 6) is 0.707. The number of amides is 1. The van der Waals surface area contributed by atoms with Crippen molar-refractivity contribution in [3.8, 4) is 17.5 Å². The molecule has 30 heavy (non-hydrogen) atoms. The number of carbonyl (C=O) groups is 1. The zero-order valence-electron chi connectivity index (χ0n) is 16.9. The van der Waals surface area contributed by atoms with E-state index in [4.69, 9.17) is 10.00 Å². The Morgan fingerprint density at radius 1 is 1.07 bits per heavy atom. The molecule has 3 aromatic rings. The number of anilines is 1. The van der Waals surface area contributed by atoms with Crippen LogP contribution in [0.2, 0.25) is 0 Å². The number of aromatic nitrogens is 3. The van der Waals surface area contributed by atoms with E-state index in [0.717, 1.165) is 30.2 Å². The van der Waals surface area contributed by atoms with Gasteiger partial charge in [0.1, 0.15) is 5.75 Å². The Morgan fingerprint density at radius 2 is 1.80 bits per heavy atom. The van der Waals surface area contributed by atoms with Crippen molar-refractivity contribution in [2.75, 3.05) is 38.2 Å². The van der Waals surface area contributed by atoms with Crippen LogP contribution in [0.3, 0.4) is 0 Å². The number of nitriles is 1. The zero-order valence-corrected chi connectivity index (χ0v) is 16.9. The van der Waals surface area contributed by atoms with Gasteiger partial charge < -0.3 is 14.5 Å². The van der Waals surface area contributed by atoms with Crippen LogP contribution in [0.25, 0.3) is 5.69 Å². The Bertz CT molecular complexity index is 1090. The van der Waals surface area contributed by atoms with Crippen LogP contribution in [-0.2, 0) is 0 Å². The summed E-state index contributed by atoms with van der Waals surface area (Å²) >= 11 is 0. The van der Waals surface area contributed by atoms with Gasteiger partial charge in [0.05, 0.1) is 30.1 Å². The summed E-state index contributed by atoms with van der Waals surface area (Å²) in [6.45, 7) is 4.53. The minimum absolute atomic E-state index is 0.113. The van der Waals surface area contributed by atoms with Crippen molar-refractivity contribution in [3.63, 3.8) is 0 Å². The number of rotatable bonds is 4. The van der Waals surface area contributed by atoms with Crippen LogP contribution >= 0.6 is 0 Å². The second-order valence-corrected chi connectivity index (χ2v) is 7.07. The molecule has 0 atom stereocenters. The topological polar surface area (TPSA) is 87.3 Å². The highest BCUT2D eigenvalue weighted by atomic mass is 16.5. The molecule has 1 aromatic heterocycles. The van der Waals surface area contributed by atoms with E-state index in [2.05, 4.69) is 21.3 Å². The molecule has 0 N–H and O–H groups in total. The van der Waals surface area contributed by atoms with E-state index in [1.807, 2.05) is 36.1 Å². The Morgan fingerprint density at radius 3 is 2.47 bits per heavy atom. The van der Waals surface area contributed by atoms with Crippen molar-refractivity contribution in [2.45, 2.75) is 6.92 Å². The van der Waals surface area contributed by atoms with Gasteiger partial charge in [-0.3, -0.25) is 4.79 Å². The van der Waals surface area contributed by atoms with E-state index in [1.165, 1.54) is 0 Å². The lowest BCUT2D eigenvalue weighted by atomic mass is 10.2. The van der Waals surface area contributed by atoms with Crippen molar-refractivity contribution < 1.29 is 9.53 Å². The number of methoxy groups -OCH3 is 1. The fourth-order valence-corrected chi connectivity index (χ4v) is 3.57. The number of piperazine rings is 1. The van der Waals surface area contributed by atoms with Gasteiger partial charge in [0.25, 0.3) is 5.91 Å². The molecule has 1 amide bonds. The summed E-state index contributed by atoms with van der Waals surface area (Å²) in [6, 6.07) is 17.1. The molecule has 0 saturated carbocycles. The van der Waals surface area contributed by atoms with Gasteiger partial charge in [-0.15, -0.1) is 5.10 Å². The predicted molar refractivity (Wildman–Crippen MR) is 112 cm³/mol. The lowest BCUT2D eigenvalue weighted by molar-refractivity contribution is 0.0740. The summed E-state index contributed by atoms with van der Waals surface area (Å²) in [5.41, 5.74) is 3.46. The van der Waals surface area contributed by atoms with E-state index in [-0.39, 0.29) is 5.91 Å². The lowest BCUT2D eigenvalue weighted by Crippen LogP contribution is -2.49. The molecule has 1 fully saturated rings. The first kappa shape index (κ1) is 19.5. The summed E-state index contributed by atoms with van der Waals surface area (Å²) < 4.78 is 6.93. The summed E-state index contributed by atoms with van der Waals surface area (Å²) in [7, 11) is 1.66. The number of carbonyl (C=O) groups excluding carboxylic acids is 1. The second kappa shape index (κ2) is 8.25. The van der Waals surface area contributed by atoms with Crippen LogP contribution in [0.4, 0.5) is 5.69 Å². The fraction of sp³-hybridized carbons (Fsp3) is 0.273. The molecule has 4 rings (SSSR count). The average molecular weight is 402 g/mol. The van der Waals surface area contributed by atoms with Gasteiger partial charge in [-0.2, -0.15) is 5.26 Å². The van der Waals surface area contributed by atoms with E-state index >= 15 is 0 Å². The zero-order chi connectivity index (χ0) is 21.1. The Kier molecular flexibility index (Phi) is 5.35. The van der Waals surface area contributed by atoms with E-state index in [0.29, 0.717) is 30.0 Å². The van der Waals surface area contributed by atoms with Crippen LogP contribution in [0.5, 0.6) is 5.75 Å². The van der Waals surface area contributed by atoms with Gasteiger partial charge in [0.2, 0.25) is 0 Å². The fourth-order valence-electron chi connectivity index (χ4n) is 3.57. The largest absolute Gasteiger partial charge is 0.497 e. The van der Waals surface area contributed by atoms with Crippen LogP contribution in [0, 0.1) is 18.3 Å². The first-order valence-electron chi connectivity index (χ1n) is 9.72. The standard InChI is InChI=1S/C22H22N6O2/c1-16-21(24-25-28(16)18-8-6-17(15-23)7-9-18)22(29)27-12-10-26(11-13-27)19-4-3-5-20(14-19)30-2/h3-9,14H,10-13H2,1-2H3. The SMILES string of the molecule is COc1cccc(N2CCN(C(=O)c3nnn(-c4ccc(C#N)cc4)c3C)CC2)c1. The van der Waals surface area contributed by atoms with Gasteiger partial charge in [0, 0.05) is 37.9 Å².